The summed E-state index contributed by atoms with van der Waals surface area (Å²) in [5.74, 6) is 2.23. The van der Waals surface area contributed by atoms with Gasteiger partial charge in [0.25, 0.3) is 0 Å². The predicted octanol–water partition coefficient (Wildman–Crippen LogP) is 2.43. The van der Waals surface area contributed by atoms with Gasteiger partial charge in [0.1, 0.15) is 18.1 Å². The van der Waals surface area contributed by atoms with E-state index in [0.29, 0.717) is 23.0 Å². The largest absolute Gasteiger partial charge is 0.495 e. The van der Waals surface area contributed by atoms with Gasteiger partial charge < -0.3 is 18.9 Å². The Morgan fingerprint density at radius 2 is 1.96 bits per heavy atom. The molecule has 0 aliphatic carbocycles. The summed E-state index contributed by atoms with van der Waals surface area (Å²) in [7, 11) is -2.23. The van der Waals surface area contributed by atoms with Gasteiger partial charge in [0.15, 0.2) is 11.5 Å². The first kappa shape index (κ1) is 17.7. The minimum atomic E-state index is -3.69. The van der Waals surface area contributed by atoms with E-state index in [1.807, 2.05) is 0 Å². The molecule has 2 aromatic carbocycles. The maximum Gasteiger partial charge on any atom is 0.240 e. The lowest BCUT2D eigenvalue weighted by Crippen LogP contribution is -2.28. The smallest absolute Gasteiger partial charge is 0.240 e. The highest BCUT2D eigenvalue weighted by Gasteiger charge is 2.16. The van der Waals surface area contributed by atoms with Gasteiger partial charge in [-0.2, -0.15) is 0 Å². The van der Waals surface area contributed by atoms with Gasteiger partial charge in [0, 0.05) is 12.6 Å². The molecule has 0 radical (unpaired) electrons. The monoisotopic (exact) mass is 385 g/mol. The highest BCUT2D eigenvalue weighted by molar-refractivity contribution is 7.89. The van der Waals surface area contributed by atoms with E-state index in [0.717, 1.165) is 0 Å². The number of fused-ring (bicyclic) bond motifs is 1. The number of halogens is 1. The molecule has 0 unspecified atom stereocenters. The molecule has 7 nitrogen and oxygen atoms in total. The molecule has 0 amide bonds. The fourth-order valence-electron chi connectivity index (χ4n) is 2.21. The van der Waals surface area contributed by atoms with Crippen molar-refractivity contribution in [3.05, 3.63) is 41.4 Å². The third-order valence-corrected chi connectivity index (χ3v) is 5.19. The van der Waals surface area contributed by atoms with Crippen LogP contribution < -0.4 is 23.7 Å². The van der Waals surface area contributed by atoms with Gasteiger partial charge in [0.05, 0.1) is 17.0 Å². The fourth-order valence-corrected chi connectivity index (χ4v) is 3.57. The summed E-state index contributed by atoms with van der Waals surface area (Å²) in [6.45, 7) is 0.437. The molecule has 2 aromatic rings. The van der Waals surface area contributed by atoms with Crippen LogP contribution in [0.3, 0.4) is 0 Å². The summed E-state index contributed by atoms with van der Waals surface area (Å²) in [6.07, 6.45) is 0. The van der Waals surface area contributed by atoms with Crippen molar-refractivity contribution in [2.24, 2.45) is 0 Å². The Hall–Kier alpha value is -2.16. The molecule has 0 spiro atoms. The van der Waals surface area contributed by atoms with Gasteiger partial charge in [-0.05, 0) is 30.3 Å². The molecule has 1 aliphatic rings. The maximum absolute atomic E-state index is 12.2. The first-order valence-corrected chi connectivity index (χ1v) is 9.21. The lowest BCUT2D eigenvalue weighted by Gasteiger charge is -2.10. The molecule has 0 aromatic heterocycles. The summed E-state index contributed by atoms with van der Waals surface area (Å²) in [5.41, 5.74) is 0. The van der Waals surface area contributed by atoms with Gasteiger partial charge in [0.2, 0.25) is 16.8 Å². The summed E-state index contributed by atoms with van der Waals surface area (Å²) in [6, 6.07) is 9.42. The van der Waals surface area contributed by atoms with Crippen molar-refractivity contribution in [2.75, 3.05) is 27.1 Å². The van der Waals surface area contributed by atoms with Crippen molar-refractivity contribution in [1.29, 1.82) is 0 Å². The number of nitrogens with one attached hydrogen (secondary N) is 1. The Morgan fingerprint density at radius 3 is 2.72 bits per heavy atom. The maximum atomic E-state index is 12.2. The lowest BCUT2D eigenvalue weighted by atomic mass is 10.3. The minimum Gasteiger partial charge on any atom is -0.495 e. The molecule has 0 atom stereocenters. The molecular weight excluding hydrogens is 370 g/mol. The molecule has 0 bridgehead atoms. The number of hydrogen-bond donors (Lipinski definition) is 1. The van der Waals surface area contributed by atoms with Crippen LogP contribution in [-0.4, -0.2) is 35.5 Å². The predicted molar refractivity (Wildman–Crippen MR) is 91.3 cm³/mol. The van der Waals surface area contributed by atoms with Crippen molar-refractivity contribution in [3.63, 3.8) is 0 Å². The summed E-state index contributed by atoms with van der Waals surface area (Å²) in [4.78, 5) is 0.0568. The Balaban J connectivity index is 1.55. The number of rotatable bonds is 7. The highest BCUT2D eigenvalue weighted by Crippen LogP contribution is 2.35. The summed E-state index contributed by atoms with van der Waals surface area (Å²) < 4.78 is 47.9. The van der Waals surface area contributed by atoms with E-state index in [1.165, 1.54) is 25.3 Å². The second-order valence-electron chi connectivity index (χ2n) is 5.06. The quantitative estimate of drug-likeness (QED) is 0.737. The lowest BCUT2D eigenvalue weighted by molar-refractivity contribution is 0.173. The van der Waals surface area contributed by atoms with Gasteiger partial charge in [-0.1, -0.05) is 11.6 Å². The van der Waals surface area contributed by atoms with Crippen molar-refractivity contribution in [3.8, 4) is 23.0 Å². The van der Waals surface area contributed by atoms with E-state index >= 15 is 0 Å². The van der Waals surface area contributed by atoms with Gasteiger partial charge in [-0.3, -0.25) is 0 Å². The Labute approximate surface area is 150 Å². The van der Waals surface area contributed by atoms with Gasteiger partial charge in [-0.25, -0.2) is 13.1 Å². The van der Waals surface area contributed by atoms with Crippen molar-refractivity contribution < 1.29 is 27.4 Å². The fraction of sp³-hybridized carbons (Fsp3) is 0.250. The van der Waals surface area contributed by atoms with E-state index < -0.39 is 10.0 Å². The Bertz CT molecular complexity index is 871. The first-order chi connectivity index (χ1) is 12.0. The van der Waals surface area contributed by atoms with E-state index in [1.54, 1.807) is 18.2 Å². The highest BCUT2D eigenvalue weighted by atomic mass is 35.5. The molecule has 0 saturated heterocycles. The van der Waals surface area contributed by atoms with Crippen LogP contribution in [0, 0.1) is 0 Å². The molecular formula is C16H16ClNO6S. The number of sulfonamides is 1. The van der Waals surface area contributed by atoms with Crippen LogP contribution in [0.2, 0.25) is 5.02 Å². The molecule has 1 N–H and O–H groups in total. The van der Waals surface area contributed by atoms with Crippen LogP contribution >= 0.6 is 11.6 Å². The average molecular weight is 386 g/mol. The van der Waals surface area contributed by atoms with Crippen molar-refractivity contribution in [2.45, 2.75) is 4.90 Å². The van der Waals surface area contributed by atoms with Crippen molar-refractivity contribution >= 4 is 21.6 Å². The molecule has 1 aliphatic heterocycles. The number of benzene rings is 2. The van der Waals surface area contributed by atoms with Crippen LogP contribution in [0.1, 0.15) is 0 Å². The van der Waals surface area contributed by atoms with Crippen LogP contribution in [0.5, 0.6) is 23.0 Å². The van der Waals surface area contributed by atoms with Crippen LogP contribution in [0.25, 0.3) is 0 Å². The Morgan fingerprint density at radius 1 is 1.16 bits per heavy atom. The molecule has 1 heterocycles. The summed E-state index contributed by atoms with van der Waals surface area (Å²) >= 11 is 5.96. The third-order valence-electron chi connectivity index (χ3n) is 3.44. The molecule has 134 valence electrons. The van der Waals surface area contributed by atoms with Gasteiger partial charge >= 0.3 is 0 Å². The molecule has 3 rings (SSSR count). The topological polar surface area (TPSA) is 83.1 Å². The van der Waals surface area contributed by atoms with Crippen LogP contribution in [-0.2, 0) is 10.0 Å². The molecule has 0 fully saturated rings. The average Bonchev–Trinajstić information content (AvgIpc) is 3.06. The number of ether oxygens (including phenoxy) is 4. The second-order valence-corrected chi connectivity index (χ2v) is 7.23. The van der Waals surface area contributed by atoms with Crippen LogP contribution in [0.15, 0.2) is 41.3 Å². The molecule has 25 heavy (non-hydrogen) atoms. The van der Waals surface area contributed by atoms with E-state index in [-0.39, 0.29) is 29.9 Å². The number of hydrogen-bond acceptors (Lipinski definition) is 6. The SMILES string of the molecule is COc1ccc(S(=O)(=O)NCCOc2ccc3c(c2)OCO3)cc1Cl. The number of methoxy groups -OCH3 is 1. The van der Waals surface area contributed by atoms with E-state index in [9.17, 15) is 8.42 Å². The van der Waals surface area contributed by atoms with E-state index in [4.69, 9.17) is 30.5 Å². The molecule has 9 heteroatoms. The van der Waals surface area contributed by atoms with Crippen LogP contribution in [0.4, 0.5) is 0 Å². The third kappa shape index (κ3) is 4.09. The minimum absolute atomic E-state index is 0.0568. The zero-order valence-corrected chi connectivity index (χ0v) is 14.9. The van der Waals surface area contributed by atoms with Gasteiger partial charge in [-0.15, -0.1) is 0 Å². The normalized spacial score (nSPS) is 12.9. The standard InChI is InChI=1S/C16H16ClNO6S/c1-21-14-5-3-12(9-13(14)17)25(19,20)18-6-7-22-11-2-4-15-16(8-11)24-10-23-15/h2-5,8-9,18H,6-7,10H2,1H3. The zero-order valence-electron chi connectivity index (χ0n) is 13.3. The second kappa shape index (κ2) is 7.38. The summed E-state index contributed by atoms with van der Waals surface area (Å²) in [5, 5.41) is 0.224. The van der Waals surface area contributed by atoms with Crippen molar-refractivity contribution in [1.82, 2.24) is 4.72 Å². The van der Waals surface area contributed by atoms with E-state index in [2.05, 4.69) is 4.72 Å². The first-order valence-electron chi connectivity index (χ1n) is 7.35. The molecule has 0 saturated carbocycles. The zero-order chi connectivity index (χ0) is 17.9. The Kier molecular flexibility index (Phi) is 5.22.